The van der Waals surface area contributed by atoms with Gasteiger partial charge in [-0.25, -0.2) is 0 Å². The molecule has 5 heteroatoms. The summed E-state index contributed by atoms with van der Waals surface area (Å²) in [5, 5.41) is 13.7. The second-order valence-corrected chi connectivity index (χ2v) is 3.63. The first-order valence-corrected chi connectivity index (χ1v) is 5.07. The van der Waals surface area contributed by atoms with Crippen molar-refractivity contribution in [3.8, 4) is 11.5 Å². The zero-order chi connectivity index (χ0) is 11.5. The molecule has 4 nitrogen and oxygen atoms in total. The molecule has 0 unspecified atom stereocenters. The van der Waals surface area contributed by atoms with Gasteiger partial charge >= 0.3 is 0 Å². The first-order chi connectivity index (χ1) is 7.68. The molecule has 2 aromatic rings. The Hall–Kier alpha value is -1.68. The van der Waals surface area contributed by atoms with Gasteiger partial charge in [-0.15, -0.1) is 0 Å². The molecule has 1 aromatic heterocycles. The molecule has 0 aliphatic rings. The number of hydrogen-bond donors (Lipinski definition) is 1. The highest BCUT2D eigenvalue weighted by molar-refractivity contribution is 6.31. The molecule has 1 heterocycles. The van der Waals surface area contributed by atoms with Crippen LogP contribution in [0.3, 0.4) is 0 Å². The number of aromatic hydroxyl groups is 1. The average molecular weight is 240 g/mol. The van der Waals surface area contributed by atoms with E-state index in [1.807, 2.05) is 0 Å². The summed E-state index contributed by atoms with van der Waals surface area (Å²) in [6.45, 7) is 1.88. The van der Waals surface area contributed by atoms with E-state index in [4.69, 9.17) is 20.9 Å². The Morgan fingerprint density at radius 1 is 1.44 bits per heavy atom. The van der Waals surface area contributed by atoms with Gasteiger partial charge in [0.1, 0.15) is 17.3 Å². The van der Waals surface area contributed by atoms with Gasteiger partial charge in [0.2, 0.25) is 0 Å². The molecule has 0 fully saturated rings. The fourth-order valence-electron chi connectivity index (χ4n) is 1.22. The number of aromatic nitrogens is 1. The molecule has 84 valence electrons. The topological polar surface area (TPSA) is 55.5 Å². The number of benzene rings is 1. The third kappa shape index (κ3) is 2.12. The molecule has 2 rings (SSSR count). The number of hydrogen-bond acceptors (Lipinski definition) is 4. The largest absolute Gasteiger partial charge is 0.504 e. The van der Waals surface area contributed by atoms with Gasteiger partial charge in [0, 0.05) is 0 Å². The van der Waals surface area contributed by atoms with Crippen molar-refractivity contribution in [3.63, 3.8) is 0 Å². The molecule has 0 amide bonds. The summed E-state index contributed by atoms with van der Waals surface area (Å²) in [7, 11) is 0. The van der Waals surface area contributed by atoms with Crippen molar-refractivity contribution >= 4 is 11.6 Å². The van der Waals surface area contributed by atoms with Crippen molar-refractivity contribution in [3.05, 3.63) is 40.7 Å². The minimum atomic E-state index is 0.0823. The summed E-state index contributed by atoms with van der Waals surface area (Å²) in [5.41, 5.74) is 0.516. The van der Waals surface area contributed by atoms with Gasteiger partial charge < -0.3 is 14.4 Å². The Bertz CT molecular complexity index is 496. The van der Waals surface area contributed by atoms with E-state index < -0.39 is 0 Å². The van der Waals surface area contributed by atoms with E-state index in [-0.39, 0.29) is 12.4 Å². The van der Waals surface area contributed by atoms with E-state index in [2.05, 4.69) is 5.16 Å². The van der Waals surface area contributed by atoms with Crippen LogP contribution >= 0.6 is 11.6 Å². The van der Waals surface area contributed by atoms with E-state index in [9.17, 15) is 5.11 Å². The smallest absolute Gasteiger partial charge is 0.161 e. The Labute approximate surface area is 97.4 Å². The monoisotopic (exact) mass is 239 g/mol. The molecular formula is C11H10ClNO3. The SMILES string of the molecule is Cc1onc(COc2ccccc2O)c1Cl. The normalized spacial score (nSPS) is 10.4. The number of ether oxygens (including phenoxy) is 1. The number of aryl methyl sites for hydroxylation is 1. The van der Waals surface area contributed by atoms with Crippen molar-refractivity contribution in [1.29, 1.82) is 0 Å². The van der Waals surface area contributed by atoms with Crippen LogP contribution in [0.15, 0.2) is 28.8 Å². The molecule has 1 aromatic carbocycles. The molecule has 0 atom stereocenters. The number of rotatable bonds is 3. The highest BCUT2D eigenvalue weighted by atomic mass is 35.5. The van der Waals surface area contributed by atoms with Crippen LogP contribution in [0, 0.1) is 6.92 Å². The summed E-state index contributed by atoms with van der Waals surface area (Å²) in [6.07, 6.45) is 0. The maximum absolute atomic E-state index is 9.46. The van der Waals surface area contributed by atoms with Gasteiger partial charge in [0.15, 0.2) is 17.3 Å². The first kappa shape index (κ1) is 10.8. The first-order valence-electron chi connectivity index (χ1n) is 4.70. The van der Waals surface area contributed by atoms with Gasteiger partial charge in [0.25, 0.3) is 0 Å². The van der Waals surface area contributed by atoms with Crippen LogP contribution in [0.25, 0.3) is 0 Å². The fourth-order valence-corrected chi connectivity index (χ4v) is 1.35. The van der Waals surface area contributed by atoms with E-state index in [0.717, 1.165) is 0 Å². The van der Waals surface area contributed by atoms with Crippen LogP contribution < -0.4 is 4.74 Å². The van der Waals surface area contributed by atoms with Crippen LogP contribution in [-0.2, 0) is 6.61 Å². The molecule has 0 saturated carbocycles. The summed E-state index contributed by atoms with van der Waals surface area (Å²) in [6, 6.07) is 6.70. The molecule has 0 aliphatic carbocycles. The van der Waals surface area contributed by atoms with Crippen LogP contribution in [0.1, 0.15) is 11.5 Å². The fraction of sp³-hybridized carbons (Fsp3) is 0.182. The summed E-state index contributed by atoms with van der Waals surface area (Å²) in [5.74, 6) is 1.02. The number of phenols is 1. The van der Waals surface area contributed by atoms with Gasteiger partial charge in [-0.1, -0.05) is 28.9 Å². The lowest BCUT2D eigenvalue weighted by Gasteiger charge is -2.05. The van der Waals surface area contributed by atoms with Gasteiger partial charge in [-0.2, -0.15) is 0 Å². The number of phenolic OH excluding ortho intramolecular Hbond substituents is 1. The van der Waals surface area contributed by atoms with E-state index in [0.29, 0.717) is 22.2 Å². The molecule has 0 spiro atoms. The van der Waals surface area contributed by atoms with Crippen LogP contribution in [-0.4, -0.2) is 10.3 Å². The third-order valence-electron chi connectivity index (χ3n) is 2.08. The van der Waals surface area contributed by atoms with Gasteiger partial charge in [0.05, 0.1) is 0 Å². The summed E-state index contributed by atoms with van der Waals surface area (Å²) in [4.78, 5) is 0. The Morgan fingerprint density at radius 3 is 2.81 bits per heavy atom. The van der Waals surface area contributed by atoms with Crippen molar-refractivity contribution in [2.45, 2.75) is 13.5 Å². The van der Waals surface area contributed by atoms with Gasteiger partial charge in [-0.3, -0.25) is 0 Å². The molecule has 0 radical (unpaired) electrons. The second-order valence-electron chi connectivity index (χ2n) is 3.26. The quantitative estimate of drug-likeness (QED) is 0.895. The molecule has 16 heavy (non-hydrogen) atoms. The Morgan fingerprint density at radius 2 is 2.19 bits per heavy atom. The predicted molar refractivity (Wildman–Crippen MR) is 58.7 cm³/mol. The van der Waals surface area contributed by atoms with Crippen LogP contribution in [0.5, 0.6) is 11.5 Å². The van der Waals surface area contributed by atoms with Crippen LogP contribution in [0.4, 0.5) is 0 Å². The maximum atomic E-state index is 9.46. The van der Waals surface area contributed by atoms with Crippen molar-refractivity contribution in [2.24, 2.45) is 0 Å². The number of nitrogens with zero attached hydrogens (tertiary/aromatic N) is 1. The molecule has 0 aliphatic heterocycles. The van der Waals surface area contributed by atoms with Gasteiger partial charge in [-0.05, 0) is 19.1 Å². The van der Waals surface area contributed by atoms with E-state index in [1.54, 1.807) is 31.2 Å². The molecular weight excluding hydrogens is 230 g/mol. The van der Waals surface area contributed by atoms with Crippen molar-refractivity contribution in [2.75, 3.05) is 0 Å². The highest BCUT2D eigenvalue weighted by Crippen LogP contribution is 2.27. The third-order valence-corrected chi connectivity index (χ3v) is 2.57. The van der Waals surface area contributed by atoms with E-state index >= 15 is 0 Å². The van der Waals surface area contributed by atoms with Crippen molar-refractivity contribution < 1.29 is 14.4 Å². The zero-order valence-electron chi connectivity index (χ0n) is 8.61. The molecule has 0 bridgehead atoms. The predicted octanol–water partition coefficient (Wildman–Crippen LogP) is 2.92. The Balaban J connectivity index is 2.08. The summed E-state index contributed by atoms with van der Waals surface area (Å²) < 4.78 is 10.2. The zero-order valence-corrected chi connectivity index (χ0v) is 9.36. The minimum Gasteiger partial charge on any atom is -0.504 e. The molecule has 1 N–H and O–H groups in total. The van der Waals surface area contributed by atoms with E-state index in [1.165, 1.54) is 0 Å². The Kier molecular flexibility index (Phi) is 3.01. The van der Waals surface area contributed by atoms with Crippen molar-refractivity contribution in [1.82, 2.24) is 5.16 Å². The number of para-hydroxylation sites is 2. The molecule has 0 saturated heterocycles. The summed E-state index contributed by atoms with van der Waals surface area (Å²) >= 11 is 5.92. The lowest BCUT2D eigenvalue weighted by Crippen LogP contribution is -1.96. The lowest BCUT2D eigenvalue weighted by atomic mass is 10.3. The van der Waals surface area contributed by atoms with Crippen LogP contribution in [0.2, 0.25) is 5.02 Å². The average Bonchev–Trinajstić information content (AvgIpc) is 2.59. The highest BCUT2D eigenvalue weighted by Gasteiger charge is 2.11. The maximum Gasteiger partial charge on any atom is 0.161 e. The second kappa shape index (κ2) is 4.45. The number of halogens is 1. The standard InChI is InChI=1S/C11H10ClNO3/c1-7-11(12)8(13-16-7)6-15-10-5-3-2-4-9(10)14/h2-5,14H,6H2,1H3. The lowest BCUT2D eigenvalue weighted by molar-refractivity contribution is 0.274. The minimum absolute atomic E-state index is 0.0823.